The summed E-state index contributed by atoms with van der Waals surface area (Å²) in [5.74, 6) is -2.84. The second-order valence-corrected chi connectivity index (χ2v) is 8.05. The Labute approximate surface area is 183 Å². The minimum Gasteiger partial charge on any atom is -0.503 e. The van der Waals surface area contributed by atoms with E-state index in [9.17, 15) is 19.1 Å². The molecule has 1 atom stereocenters. The number of hydrogen-bond donors (Lipinski definition) is 1. The molecule has 7 nitrogen and oxygen atoms in total. The molecular weight excluding hydrogens is 445 g/mol. The highest BCUT2D eigenvalue weighted by molar-refractivity contribution is 7.22. The molecule has 1 aliphatic heterocycles. The van der Waals surface area contributed by atoms with E-state index in [0.29, 0.717) is 15.9 Å². The summed E-state index contributed by atoms with van der Waals surface area (Å²) in [6, 6.07) is 9.50. The van der Waals surface area contributed by atoms with E-state index in [0.717, 1.165) is 11.3 Å². The van der Waals surface area contributed by atoms with Crippen molar-refractivity contribution in [1.82, 2.24) is 9.97 Å². The molecule has 0 radical (unpaired) electrons. The van der Waals surface area contributed by atoms with Gasteiger partial charge in [-0.05, 0) is 36.4 Å². The summed E-state index contributed by atoms with van der Waals surface area (Å²) in [5, 5.41) is 10.7. The fraction of sp³-hybridized carbons (Fsp3) is 0.0476. The molecule has 1 aliphatic rings. The lowest BCUT2D eigenvalue weighted by Crippen LogP contribution is -2.31. The van der Waals surface area contributed by atoms with Gasteiger partial charge in [-0.2, -0.15) is 0 Å². The Bertz CT molecular complexity index is 1330. The first-order valence-electron chi connectivity index (χ1n) is 8.97. The number of hydrogen-bond acceptors (Lipinski definition) is 7. The quantitative estimate of drug-likeness (QED) is 0.441. The van der Waals surface area contributed by atoms with Crippen LogP contribution >= 0.6 is 22.9 Å². The largest absolute Gasteiger partial charge is 0.503 e. The van der Waals surface area contributed by atoms with E-state index < -0.39 is 29.3 Å². The number of amides is 1. The number of fused-ring (bicyclic) bond motifs is 1. The van der Waals surface area contributed by atoms with Gasteiger partial charge in [0.05, 0.1) is 32.8 Å². The highest BCUT2D eigenvalue weighted by Crippen LogP contribution is 2.44. The summed E-state index contributed by atoms with van der Waals surface area (Å²) < 4.78 is 19.5. The number of pyridine rings is 1. The number of carbonyl (C=O) groups excluding carboxylic acids is 2. The van der Waals surface area contributed by atoms with Crippen molar-refractivity contribution in [3.05, 3.63) is 88.6 Å². The van der Waals surface area contributed by atoms with Gasteiger partial charge in [-0.3, -0.25) is 19.5 Å². The zero-order valence-electron chi connectivity index (χ0n) is 15.5. The summed E-state index contributed by atoms with van der Waals surface area (Å²) in [4.78, 5) is 36.0. The fourth-order valence-electron chi connectivity index (χ4n) is 3.41. The predicted octanol–water partition coefficient (Wildman–Crippen LogP) is 4.86. The van der Waals surface area contributed by atoms with Crippen LogP contribution in [-0.4, -0.2) is 26.8 Å². The van der Waals surface area contributed by atoms with Crippen molar-refractivity contribution in [2.75, 3.05) is 4.90 Å². The second-order valence-electron chi connectivity index (χ2n) is 6.63. The number of halogens is 2. The number of Topliss-reactive ketones (excluding diaryl/α,β-unsaturated/α-hetero) is 1. The molecular formula is C21H11ClFN3O4S. The van der Waals surface area contributed by atoms with Gasteiger partial charge in [-0.15, -0.1) is 0 Å². The number of furan rings is 1. The summed E-state index contributed by atoms with van der Waals surface area (Å²) >= 11 is 6.88. The normalized spacial score (nSPS) is 16.5. The number of rotatable bonds is 4. The number of aromatic nitrogens is 2. The Morgan fingerprint density at radius 3 is 2.81 bits per heavy atom. The van der Waals surface area contributed by atoms with Gasteiger partial charge in [0.1, 0.15) is 11.9 Å². The molecule has 4 aromatic rings. The average molecular weight is 456 g/mol. The van der Waals surface area contributed by atoms with E-state index in [-0.39, 0.29) is 21.5 Å². The minimum absolute atomic E-state index is 0.0321. The average Bonchev–Trinajstić information content (AvgIpc) is 3.48. The van der Waals surface area contributed by atoms with Crippen LogP contribution in [0.15, 0.2) is 70.7 Å². The molecule has 5 rings (SSSR count). The first-order valence-corrected chi connectivity index (χ1v) is 10.2. The summed E-state index contributed by atoms with van der Waals surface area (Å²) in [5.41, 5.74) is 0.546. The number of nitrogens with zero attached hydrogens (tertiary/aromatic N) is 3. The number of anilines is 1. The maximum absolute atomic E-state index is 13.9. The molecule has 1 unspecified atom stereocenters. The van der Waals surface area contributed by atoms with Crippen molar-refractivity contribution in [3.63, 3.8) is 0 Å². The van der Waals surface area contributed by atoms with Crippen molar-refractivity contribution in [2.45, 2.75) is 6.04 Å². The van der Waals surface area contributed by atoms with Gasteiger partial charge in [-0.25, -0.2) is 9.37 Å². The van der Waals surface area contributed by atoms with E-state index in [1.807, 2.05) is 0 Å². The van der Waals surface area contributed by atoms with Crippen LogP contribution in [0.5, 0.6) is 0 Å². The smallest absolute Gasteiger partial charge is 0.296 e. The molecule has 1 N–H and O–H groups in total. The van der Waals surface area contributed by atoms with Crippen LogP contribution in [0.1, 0.15) is 22.3 Å². The fourth-order valence-corrected chi connectivity index (χ4v) is 4.56. The molecule has 3 aromatic heterocycles. The Balaban J connectivity index is 1.68. The maximum Gasteiger partial charge on any atom is 0.296 e. The Morgan fingerprint density at radius 2 is 2.10 bits per heavy atom. The third kappa shape index (κ3) is 3.09. The standard InChI is InChI=1S/C21H11ClFN3O4S/c22-10-8-13-15(9-11(10)23)31-21(25-13)26-17(12-4-1-2-6-24-12)16(19(28)20(26)29)18(27)14-5-3-7-30-14/h1-9,17,28H. The van der Waals surface area contributed by atoms with E-state index >= 15 is 0 Å². The van der Waals surface area contributed by atoms with Crippen molar-refractivity contribution < 1.29 is 23.5 Å². The van der Waals surface area contributed by atoms with Crippen LogP contribution in [0.3, 0.4) is 0 Å². The molecule has 0 aliphatic carbocycles. The first-order chi connectivity index (χ1) is 15.0. The van der Waals surface area contributed by atoms with E-state index in [1.165, 1.54) is 41.6 Å². The van der Waals surface area contributed by atoms with Gasteiger partial charge in [0.2, 0.25) is 5.78 Å². The number of thiazole rings is 1. The van der Waals surface area contributed by atoms with Gasteiger partial charge in [0.15, 0.2) is 16.7 Å². The van der Waals surface area contributed by atoms with Crippen molar-refractivity contribution in [1.29, 1.82) is 0 Å². The van der Waals surface area contributed by atoms with Gasteiger partial charge >= 0.3 is 0 Å². The Morgan fingerprint density at radius 1 is 1.26 bits per heavy atom. The molecule has 0 fully saturated rings. The van der Waals surface area contributed by atoms with Crippen molar-refractivity contribution in [2.24, 2.45) is 0 Å². The van der Waals surface area contributed by atoms with Crippen LogP contribution in [-0.2, 0) is 4.79 Å². The molecule has 0 saturated carbocycles. The molecule has 154 valence electrons. The monoisotopic (exact) mass is 455 g/mol. The topological polar surface area (TPSA) is 96.5 Å². The van der Waals surface area contributed by atoms with Crippen molar-refractivity contribution in [3.8, 4) is 0 Å². The zero-order valence-corrected chi connectivity index (χ0v) is 17.0. The van der Waals surface area contributed by atoms with Crippen LogP contribution in [0.4, 0.5) is 9.52 Å². The lowest BCUT2D eigenvalue weighted by atomic mass is 9.99. The summed E-state index contributed by atoms with van der Waals surface area (Å²) in [6.45, 7) is 0. The number of benzene rings is 1. The molecule has 0 saturated heterocycles. The van der Waals surface area contributed by atoms with Gasteiger partial charge in [0.25, 0.3) is 5.91 Å². The van der Waals surface area contributed by atoms with Gasteiger partial charge in [0, 0.05) is 6.20 Å². The summed E-state index contributed by atoms with van der Waals surface area (Å²) in [7, 11) is 0. The number of aliphatic hydroxyl groups excluding tert-OH is 1. The van der Waals surface area contributed by atoms with Crippen LogP contribution in [0.25, 0.3) is 10.2 Å². The predicted molar refractivity (Wildman–Crippen MR) is 112 cm³/mol. The number of aliphatic hydroxyl groups is 1. The van der Waals surface area contributed by atoms with E-state index in [2.05, 4.69) is 9.97 Å². The van der Waals surface area contributed by atoms with Crippen LogP contribution in [0.2, 0.25) is 5.02 Å². The van der Waals surface area contributed by atoms with Gasteiger partial charge < -0.3 is 9.52 Å². The second kappa shape index (κ2) is 7.29. The van der Waals surface area contributed by atoms with Crippen molar-refractivity contribution >= 4 is 50.0 Å². The maximum atomic E-state index is 13.9. The lowest BCUT2D eigenvalue weighted by molar-refractivity contribution is -0.117. The van der Waals surface area contributed by atoms with Crippen LogP contribution in [0, 0.1) is 5.82 Å². The first kappa shape index (κ1) is 19.4. The third-order valence-electron chi connectivity index (χ3n) is 4.79. The minimum atomic E-state index is -1.05. The molecule has 31 heavy (non-hydrogen) atoms. The molecule has 0 bridgehead atoms. The van der Waals surface area contributed by atoms with E-state index in [1.54, 1.807) is 18.2 Å². The number of ketones is 1. The van der Waals surface area contributed by atoms with E-state index in [4.69, 9.17) is 16.0 Å². The molecule has 1 aromatic carbocycles. The third-order valence-corrected chi connectivity index (χ3v) is 6.10. The molecule has 4 heterocycles. The lowest BCUT2D eigenvalue weighted by Gasteiger charge is -2.23. The highest BCUT2D eigenvalue weighted by atomic mass is 35.5. The zero-order chi connectivity index (χ0) is 21.7. The molecule has 1 amide bonds. The Kier molecular flexibility index (Phi) is 4.57. The molecule has 10 heteroatoms. The highest BCUT2D eigenvalue weighted by Gasteiger charge is 2.47. The Hall–Kier alpha value is -3.56. The summed E-state index contributed by atoms with van der Waals surface area (Å²) in [6.07, 6.45) is 2.83. The van der Waals surface area contributed by atoms with Gasteiger partial charge in [-0.1, -0.05) is 29.0 Å². The number of carbonyl (C=O) groups is 2. The SMILES string of the molecule is O=C(C1=C(O)C(=O)N(c2nc3cc(Cl)c(F)cc3s2)C1c1ccccn1)c1ccco1. The van der Waals surface area contributed by atoms with Crippen LogP contribution < -0.4 is 4.90 Å². The molecule has 0 spiro atoms.